The van der Waals surface area contributed by atoms with Crippen LogP contribution in [-0.2, 0) is 0 Å². The van der Waals surface area contributed by atoms with Crippen LogP contribution in [-0.4, -0.2) is 42.4 Å². The maximum Gasteiger partial charge on any atom is 0.203 e. The number of hydrogen-bond acceptors (Lipinski definition) is 6. The Morgan fingerprint density at radius 2 is 1.44 bits per heavy atom. The molecule has 0 spiro atoms. The lowest BCUT2D eigenvalue weighted by Crippen LogP contribution is -2.02. The molecule has 0 unspecified atom stereocenters. The molecule has 0 atom stereocenters. The van der Waals surface area contributed by atoms with Crippen LogP contribution in [0.1, 0.15) is 54.7 Å². The molecule has 2 aromatic rings. The standard InChI is InChI=1S/C18H22N4O3/c1-23-14-8-11(9-15(24-2)16(14)25-3)10-19-22-17(12-4-5-12)20-21-18(22)13-6-7-13/h8-10,12-13H,4-7H2,1-3H3/b19-10+. The third-order valence-electron chi connectivity index (χ3n) is 4.58. The smallest absolute Gasteiger partial charge is 0.203 e. The van der Waals surface area contributed by atoms with E-state index in [9.17, 15) is 0 Å². The molecular weight excluding hydrogens is 320 g/mol. The molecular formula is C18H22N4O3. The molecule has 0 N–H and O–H groups in total. The van der Waals surface area contributed by atoms with Gasteiger partial charge in [0.05, 0.1) is 27.5 Å². The fourth-order valence-electron chi connectivity index (χ4n) is 2.92. The lowest BCUT2D eigenvalue weighted by molar-refractivity contribution is 0.324. The summed E-state index contributed by atoms with van der Waals surface area (Å²) in [7, 11) is 4.80. The second-order valence-corrected chi connectivity index (χ2v) is 6.48. The third kappa shape index (κ3) is 3.06. The van der Waals surface area contributed by atoms with Gasteiger partial charge in [0.15, 0.2) is 23.1 Å². The van der Waals surface area contributed by atoms with Crippen LogP contribution in [0.15, 0.2) is 17.2 Å². The van der Waals surface area contributed by atoms with Crippen LogP contribution in [0.25, 0.3) is 0 Å². The van der Waals surface area contributed by atoms with Gasteiger partial charge in [-0.05, 0) is 37.8 Å². The minimum atomic E-state index is 0.497. The predicted octanol–water partition coefficient (Wildman–Crippen LogP) is 2.94. The maximum atomic E-state index is 5.40. The number of nitrogens with zero attached hydrogens (tertiary/aromatic N) is 4. The molecule has 132 valence electrons. The van der Waals surface area contributed by atoms with Crippen LogP contribution < -0.4 is 14.2 Å². The van der Waals surface area contributed by atoms with Crippen molar-refractivity contribution in [1.82, 2.24) is 14.9 Å². The van der Waals surface area contributed by atoms with Gasteiger partial charge in [0.25, 0.3) is 0 Å². The molecule has 0 radical (unpaired) electrons. The van der Waals surface area contributed by atoms with Gasteiger partial charge >= 0.3 is 0 Å². The van der Waals surface area contributed by atoms with Crippen LogP contribution in [0.3, 0.4) is 0 Å². The Kier molecular flexibility index (Phi) is 4.07. The largest absolute Gasteiger partial charge is 0.493 e. The van der Waals surface area contributed by atoms with E-state index in [-0.39, 0.29) is 0 Å². The summed E-state index contributed by atoms with van der Waals surface area (Å²) in [6, 6.07) is 3.76. The highest BCUT2D eigenvalue weighted by Crippen LogP contribution is 2.44. The molecule has 0 bridgehead atoms. The highest BCUT2D eigenvalue weighted by Gasteiger charge is 2.35. The van der Waals surface area contributed by atoms with E-state index < -0.39 is 0 Å². The van der Waals surface area contributed by atoms with Gasteiger partial charge in [-0.2, -0.15) is 5.10 Å². The van der Waals surface area contributed by atoms with Crippen molar-refractivity contribution < 1.29 is 14.2 Å². The Hall–Kier alpha value is -2.57. The normalized spacial score (nSPS) is 17.1. The van der Waals surface area contributed by atoms with E-state index in [2.05, 4.69) is 15.3 Å². The van der Waals surface area contributed by atoms with E-state index in [4.69, 9.17) is 14.2 Å². The van der Waals surface area contributed by atoms with Crippen molar-refractivity contribution in [2.75, 3.05) is 21.3 Å². The molecule has 2 fully saturated rings. The topological polar surface area (TPSA) is 70.8 Å². The van der Waals surface area contributed by atoms with Gasteiger partial charge in [0.2, 0.25) is 5.75 Å². The summed E-state index contributed by atoms with van der Waals surface area (Å²) in [5.41, 5.74) is 0.867. The molecule has 1 aromatic carbocycles. The number of ether oxygens (including phenoxy) is 3. The number of hydrogen-bond donors (Lipinski definition) is 0. The minimum absolute atomic E-state index is 0.497. The first kappa shape index (κ1) is 15.9. The zero-order valence-electron chi connectivity index (χ0n) is 14.7. The van der Waals surface area contributed by atoms with E-state index >= 15 is 0 Å². The van der Waals surface area contributed by atoms with E-state index in [1.165, 1.54) is 25.7 Å². The average molecular weight is 342 g/mol. The van der Waals surface area contributed by atoms with E-state index in [1.807, 2.05) is 16.8 Å². The molecule has 1 aromatic heterocycles. The number of rotatable bonds is 7. The summed E-state index contributed by atoms with van der Waals surface area (Å²) < 4.78 is 18.1. The van der Waals surface area contributed by atoms with Crippen molar-refractivity contribution in [3.05, 3.63) is 29.3 Å². The summed E-state index contributed by atoms with van der Waals surface area (Å²) >= 11 is 0. The summed E-state index contributed by atoms with van der Waals surface area (Å²) in [5.74, 6) is 4.74. The van der Waals surface area contributed by atoms with Gasteiger partial charge in [-0.25, -0.2) is 4.68 Å². The summed E-state index contributed by atoms with van der Waals surface area (Å²) in [6.45, 7) is 0. The zero-order chi connectivity index (χ0) is 17.4. The number of methoxy groups -OCH3 is 3. The van der Waals surface area contributed by atoms with Crippen molar-refractivity contribution >= 4 is 6.21 Å². The minimum Gasteiger partial charge on any atom is -0.493 e. The van der Waals surface area contributed by atoms with Gasteiger partial charge in [0, 0.05) is 17.4 Å². The lowest BCUT2D eigenvalue weighted by atomic mass is 10.2. The van der Waals surface area contributed by atoms with Crippen LogP contribution in [0.4, 0.5) is 0 Å². The summed E-state index contributed by atoms with van der Waals surface area (Å²) in [5, 5.41) is 13.4. The summed E-state index contributed by atoms with van der Waals surface area (Å²) in [4.78, 5) is 0. The SMILES string of the molecule is COc1cc(/C=N/n2c(C3CC3)nnc2C2CC2)cc(OC)c1OC. The first-order valence-electron chi connectivity index (χ1n) is 8.54. The van der Waals surface area contributed by atoms with Gasteiger partial charge in [-0.15, -0.1) is 10.2 Å². The van der Waals surface area contributed by atoms with Crippen LogP contribution in [0.2, 0.25) is 0 Å². The lowest BCUT2D eigenvalue weighted by Gasteiger charge is -2.12. The monoisotopic (exact) mass is 342 g/mol. The molecule has 2 aliphatic carbocycles. The Balaban J connectivity index is 1.69. The Morgan fingerprint density at radius 3 is 1.84 bits per heavy atom. The van der Waals surface area contributed by atoms with E-state index in [0.29, 0.717) is 29.1 Å². The number of aromatic nitrogens is 3. The number of benzene rings is 1. The predicted molar refractivity (Wildman–Crippen MR) is 93.1 cm³/mol. The summed E-state index contributed by atoms with van der Waals surface area (Å²) in [6.07, 6.45) is 6.47. The van der Waals surface area contributed by atoms with Crippen LogP contribution in [0.5, 0.6) is 17.2 Å². The fraction of sp³-hybridized carbons (Fsp3) is 0.500. The molecule has 0 aliphatic heterocycles. The molecule has 7 nitrogen and oxygen atoms in total. The molecule has 4 rings (SSSR count). The quantitative estimate of drug-likeness (QED) is 0.724. The highest BCUT2D eigenvalue weighted by atomic mass is 16.5. The molecule has 2 saturated carbocycles. The molecule has 0 saturated heterocycles. The van der Waals surface area contributed by atoms with Gasteiger partial charge in [-0.3, -0.25) is 0 Å². The Morgan fingerprint density at radius 1 is 0.920 bits per heavy atom. The van der Waals surface area contributed by atoms with Crippen molar-refractivity contribution in [2.45, 2.75) is 37.5 Å². The molecule has 2 aliphatic rings. The first-order chi connectivity index (χ1) is 12.2. The van der Waals surface area contributed by atoms with Gasteiger partial charge in [0.1, 0.15) is 0 Å². The van der Waals surface area contributed by atoms with Gasteiger partial charge < -0.3 is 14.2 Å². The second-order valence-electron chi connectivity index (χ2n) is 6.48. The van der Waals surface area contributed by atoms with E-state index in [0.717, 1.165) is 17.2 Å². The Labute approximate surface area is 146 Å². The van der Waals surface area contributed by atoms with Crippen molar-refractivity contribution in [3.8, 4) is 17.2 Å². The molecule has 0 amide bonds. The molecule has 1 heterocycles. The van der Waals surface area contributed by atoms with E-state index in [1.54, 1.807) is 27.5 Å². The molecule has 7 heteroatoms. The second kappa shape index (κ2) is 6.38. The van der Waals surface area contributed by atoms with Crippen molar-refractivity contribution in [1.29, 1.82) is 0 Å². The van der Waals surface area contributed by atoms with Crippen LogP contribution >= 0.6 is 0 Å². The van der Waals surface area contributed by atoms with Crippen molar-refractivity contribution in [2.24, 2.45) is 5.10 Å². The highest BCUT2D eigenvalue weighted by molar-refractivity contribution is 5.82. The zero-order valence-corrected chi connectivity index (χ0v) is 14.7. The van der Waals surface area contributed by atoms with Gasteiger partial charge in [-0.1, -0.05) is 0 Å². The first-order valence-corrected chi connectivity index (χ1v) is 8.54. The maximum absolute atomic E-state index is 5.40. The van der Waals surface area contributed by atoms with Crippen molar-refractivity contribution in [3.63, 3.8) is 0 Å². The average Bonchev–Trinajstić information content (AvgIpc) is 3.57. The molecule has 25 heavy (non-hydrogen) atoms. The fourth-order valence-corrected chi connectivity index (χ4v) is 2.92. The third-order valence-corrected chi connectivity index (χ3v) is 4.58. The Bertz CT molecular complexity index is 752. The van der Waals surface area contributed by atoms with Crippen LogP contribution in [0, 0.1) is 0 Å².